The Morgan fingerprint density at radius 1 is 1.50 bits per heavy atom. The second-order valence-electron chi connectivity index (χ2n) is 2.42. The molecule has 0 rings (SSSR count). The first-order valence-corrected chi connectivity index (χ1v) is 3.85. The van der Waals surface area contributed by atoms with Crippen LogP contribution in [0.5, 0.6) is 0 Å². The number of amides is 2. The normalized spacial score (nSPS) is 12.2. The van der Waals surface area contributed by atoms with E-state index in [1.54, 1.807) is 0 Å². The van der Waals surface area contributed by atoms with Gasteiger partial charge in [0.1, 0.15) is 0 Å². The van der Waals surface area contributed by atoms with Gasteiger partial charge in [0.25, 0.3) is 0 Å². The second kappa shape index (κ2) is 5.54. The van der Waals surface area contributed by atoms with Crippen molar-refractivity contribution in [1.82, 2.24) is 10.6 Å². The number of primary amides is 1. The van der Waals surface area contributed by atoms with E-state index in [0.29, 0.717) is 6.42 Å². The highest BCUT2D eigenvalue weighted by Crippen LogP contribution is 1.87. The molecule has 0 radical (unpaired) electrons. The summed E-state index contributed by atoms with van der Waals surface area (Å²) in [5.74, 6) is -0.587. The Bertz CT molecular complexity index is 170. The molecule has 5 nitrogen and oxygen atoms in total. The largest absolute Gasteiger partial charge is 0.368 e. The first-order chi connectivity index (χ1) is 5.61. The maximum atomic E-state index is 10.7. The molecule has 1 unspecified atom stereocenters. The molecule has 1 atom stereocenters. The fraction of sp³-hybridized carbons (Fsp3) is 0.714. The van der Waals surface area contributed by atoms with Crippen LogP contribution in [0.2, 0.25) is 0 Å². The first-order valence-electron chi connectivity index (χ1n) is 3.85. The van der Waals surface area contributed by atoms with Gasteiger partial charge in [-0.2, -0.15) is 0 Å². The standard InChI is InChI=1S/C7H15N3O2/c1-3-5(7(8)12)10-4-6(11)9-2/h5,10H,3-4H2,1-2H3,(H2,8,12)(H,9,11). The molecule has 0 heterocycles. The lowest BCUT2D eigenvalue weighted by molar-refractivity contribution is -0.121. The predicted octanol–water partition coefficient (Wildman–Crippen LogP) is -1.41. The van der Waals surface area contributed by atoms with Crippen molar-refractivity contribution in [3.05, 3.63) is 0 Å². The Morgan fingerprint density at radius 3 is 2.42 bits per heavy atom. The molecule has 0 aliphatic heterocycles. The van der Waals surface area contributed by atoms with Crippen molar-refractivity contribution in [2.24, 2.45) is 5.73 Å². The van der Waals surface area contributed by atoms with Crippen LogP contribution in [-0.2, 0) is 9.59 Å². The number of nitrogens with one attached hydrogen (secondary N) is 2. The van der Waals surface area contributed by atoms with Crippen molar-refractivity contribution in [1.29, 1.82) is 0 Å². The van der Waals surface area contributed by atoms with Crippen molar-refractivity contribution in [2.75, 3.05) is 13.6 Å². The lowest BCUT2D eigenvalue weighted by atomic mass is 10.2. The minimum atomic E-state index is -0.429. The highest BCUT2D eigenvalue weighted by atomic mass is 16.2. The molecule has 0 aromatic heterocycles. The van der Waals surface area contributed by atoms with Crippen molar-refractivity contribution >= 4 is 11.8 Å². The third kappa shape index (κ3) is 3.92. The summed E-state index contributed by atoms with van der Waals surface area (Å²) in [4.78, 5) is 21.4. The van der Waals surface area contributed by atoms with E-state index in [2.05, 4.69) is 10.6 Å². The van der Waals surface area contributed by atoms with E-state index in [1.165, 1.54) is 7.05 Å². The summed E-state index contributed by atoms with van der Waals surface area (Å²) < 4.78 is 0. The topological polar surface area (TPSA) is 84.2 Å². The fourth-order valence-electron chi connectivity index (χ4n) is 0.750. The smallest absolute Gasteiger partial charge is 0.234 e. The zero-order valence-corrected chi connectivity index (χ0v) is 7.39. The Morgan fingerprint density at radius 2 is 2.08 bits per heavy atom. The molecule has 0 fully saturated rings. The Kier molecular flexibility index (Phi) is 5.03. The van der Waals surface area contributed by atoms with Gasteiger partial charge >= 0.3 is 0 Å². The van der Waals surface area contributed by atoms with Crippen LogP contribution in [0.25, 0.3) is 0 Å². The van der Waals surface area contributed by atoms with Crippen LogP contribution < -0.4 is 16.4 Å². The average molecular weight is 173 g/mol. The summed E-state index contributed by atoms with van der Waals surface area (Å²) in [6, 6.07) is -0.415. The monoisotopic (exact) mass is 173 g/mol. The highest BCUT2D eigenvalue weighted by Gasteiger charge is 2.12. The second-order valence-corrected chi connectivity index (χ2v) is 2.42. The molecule has 0 spiro atoms. The maximum absolute atomic E-state index is 10.7. The number of likely N-dealkylation sites (N-methyl/N-ethyl adjacent to an activating group) is 1. The molecular weight excluding hydrogens is 158 g/mol. The summed E-state index contributed by atoms with van der Waals surface area (Å²) in [6.07, 6.45) is 0.590. The van der Waals surface area contributed by atoms with Crippen molar-refractivity contribution in [3.63, 3.8) is 0 Å². The molecule has 0 aliphatic rings. The van der Waals surface area contributed by atoms with Crippen LogP contribution in [0.15, 0.2) is 0 Å². The van der Waals surface area contributed by atoms with Gasteiger partial charge in [-0.25, -0.2) is 0 Å². The van der Waals surface area contributed by atoms with Crippen LogP contribution >= 0.6 is 0 Å². The zero-order chi connectivity index (χ0) is 9.56. The van der Waals surface area contributed by atoms with Crippen LogP contribution in [0.4, 0.5) is 0 Å². The third-order valence-electron chi connectivity index (χ3n) is 1.54. The first kappa shape index (κ1) is 10.9. The highest BCUT2D eigenvalue weighted by molar-refractivity contribution is 5.82. The fourth-order valence-corrected chi connectivity index (χ4v) is 0.750. The molecule has 4 N–H and O–H groups in total. The van der Waals surface area contributed by atoms with Gasteiger partial charge in [0, 0.05) is 7.05 Å². The van der Waals surface area contributed by atoms with E-state index < -0.39 is 11.9 Å². The molecule has 0 saturated carbocycles. The van der Waals surface area contributed by atoms with Crippen molar-refractivity contribution in [2.45, 2.75) is 19.4 Å². The van der Waals surface area contributed by atoms with Gasteiger partial charge in [0.15, 0.2) is 0 Å². The van der Waals surface area contributed by atoms with E-state index >= 15 is 0 Å². The lowest BCUT2D eigenvalue weighted by Gasteiger charge is -2.11. The van der Waals surface area contributed by atoms with Gasteiger partial charge < -0.3 is 11.1 Å². The molecule has 2 amide bonds. The third-order valence-corrected chi connectivity index (χ3v) is 1.54. The molecule has 0 aromatic carbocycles. The van der Waals surface area contributed by atoms with E-state index in [9.17, 15) is 9.59 Å². The SMILES string of the molecule is CCC(NCC(=O)NC)C(N)=O. The summed E-state index contributed by atoms with van der Waals surface area (Å²) >= 11 is 0. The number of rotatable bonds is 5. The number of carbonyl (C=O) groups excluding carboxylic acids is 2. The quantitative estimate of drug-likeness (QED) is 0.477. The summed E-state index contributed by atoms with van der Waals surface area (Å²) in [5, 5.41) is 5.16. The van der Waals surface area contributed by atoms with Crippen molar-refractivity contribution in [3.8, 4) is 0 Å². The van der Waals surface area contributed by atoms with Gasteiger partial charge in [-0.1, -0.05) is 6.92 Å². The number of hydrogen-bond donors (Lipinski definition) is 3. The molecular formula is C7H15N3O2. The average Bonchev–Trinajstić information content (AvgIpc) is 2.04. The summed E-state index contributed by atoms with van der Waals surface area (Å²) in [5.41, 5.74) is 5.04. The molecule has 0 aromatic rings. The Labute approximate surface area is 71.7 Å². The Balaban J connectivity index is 3.73. The van der Waals surface area contributed by atoms with Crippen LogP contribution in [0.3, 0.4) is 0 Å². The maximum Gasteiger partial charge on any atom is 0.234 e. The van der Waals surface area contributed by atoms with Crippen LogP contribution in [-0.4, -0.2) is 31.4 Å². The molecule has 70 valence electrons. The zero-order valence-electron chi connectivity index (χ0n) is 7.39. The van der Waals surface area contributed by atoms with Gasteiger partial charge in [0.2, 0.25) is 11.8 Å². The molecule has 12 heavy (non-hydrogen) atoms. The molecule has 5 heteroatoms. The van der Waals surface area contributed by atoms with Crippen molar-refractivity contribution < 1.29 is 9.59 Å². The lowest BCUT2D eigenvalue weighted by Crippen LogP contribution is -2.44. The van der Waals surface area contributed by atoms with Gasteiger partial charge in [-0.05, 0) is 6.42 Å². The van der Waals surface area contributed by atoms with Crippen LogP contribution in [0.1, 0.15) is 13.3 Å². The van der Waals surface area contributed by atoms with Crippen LogP contribution in [0, 0.1) is 0 Å². The van der Waals surface area contributed by atoms with Gasteiger partial charge in [0.05, 0.1) is 12.6 Å². The summed E-state index contributed by atoms with van der Waals surface area (Å²) in [7, 11) is 1.54. The van der Waals surface area contributed by atoms with E-state index in [4.69, 9.17) is 5.73 Å². The van der Waals surface area contributed by atoms with Gasteiger partial charge in [-0.15, -0.1) is 0 Å². The molecule has 0 aliphatic carbocycles. The minimum absolute atomic E-state index is 0.123. The number of carbonyl (C=O) groups is 2. The van der Waals surface area contributed by atoms with E-state index in [0.717, 1.165) is 0 Å². The van der Waals surface area contributed by atoms with E-state index in [1.807, 2.05) is 6.92 Å². The Hall–Kier alpha value is -1.10. The summed E-state index contributed by atoms with van der Waals surface area (Å²) in [6.45, 7) is 1.95. The minimum Gasteiger partial charge on any atom is -0.368 e. The molecule has 0 saturated heterocycles. The van der Waals surface area contributed by atoms with E-state index in [-0.39, 0.29) is 12.5 Å². The predicted molar refractivity (Wildman–Crippen MR) is 45.3 cm³/mol. The van der Waals surface area contributed by atoms with Gasteiger partial charge in [-0.3, -0.25) is 14.9 Å². The molecule has 0 bridgehead atoms. The number of hydrogen-bond acceptors (Lipinski definition) is 3. The number of nitrogens with two attached hydrogens (primary N) is 1.